The highest BCUT2D eigenvalue weighted by atomic mass is 79.9. The normalized spacial score (nSPS) is 10.4. The summed E-state index contributed by atoms with van der Waals surface area (Å²) in [6.07, 6.45) is 1.71. The van der Waals surface area contributed by atoms with Gasteiger partial charge in [-0.2, -0.15) is 4.98 Å². The van der Waals surface area contributed by atoms with Crippen molar-refractivity contribution in [2.24, 2.45) is 0 Å². The number of aryl methyl sites for hydroxylation is 1. The lowest BCUT2D eigenvalue weighted by atomic mass is 10.2. The number of halogens is 2. The number of nitrogens with zero attached hydrogens (tertiary/aromatic N) is 2. The molecule has 0 atom stereocenters. The molecule has 1 heterocycles. The standard InChI is InChI=1S/C17H14BrClN4/c1-11-10-12(18)2-7-15(11)22-16-8-9-20-17(23-16)21-14-5-3-13(19)4-6-14/h2-10H,1H3,(H2,20,21,22,23). The number of hydrogen-bond acceptors (Lipinski definition) is 4. The highest BCUT2D eigenvalue weighted by Gasteiger charge is 2.03. The maximum absolute atomic E-state index is 5.88. The van der Waals surface area contributed by atoms with Crippen LogP contribution in [-0.2, 0) is 0 Å². The second-order valence-electron chi connectivity index (χ2n) is 4.98. The van der Waals surface area contributed by atoms with Crippen molar-refractivity contribution in [3.63, 3.8) is 0 Å². The molecule has 23 heavy (non-hydrogen) atoms. The molecular formula is C17H14BrClN4. The van der Waals surface area contributed by atoms with Crippen LogP contribution in [0.3, 0.4) is 0 Å². The Hall–Kier alpha value is -2.11. The fraction of sp³-hybridized carbons (Fsp3) is 0.0588. The van der Waals surface area contributed by atoms with E-state index in [0.29, 0.717) is 11.0 Å². The summed E-state index contributed by atoms with van der Waals surface area (Å²) >= 11 is 9.35. The van der Waals surface area contributed by atoms with Crippen molar-refractivity contribution in [2.75, 3.05) is 10.6 Å². The SMILES string of the molecule is Cc1cc(Br)ccc1Nc1ccnc(Nc2ccc(Cl)cc2)n1. The maximum Gasteiger partial charge on any atom is 0.229 e. The van der Waals surface area contributed by atoms with E-state index in [1.165, 1.54) is 0 Å². The van der Waals surface area contributed by atoms with E-state index in [-0.39, 0.29) is 0 Å². The predicted molar refractivity (Wildman–Crippen MR) is 98.9 cm³/mol. The van der Waals surface area contributed by atoms with Crippen molar-refractivity contribution < 1.29 is 0 Å². The lowest BCUT2D eigenvalue weighted by Crippen LogP contribution is -2.01. The van der Waals surface area contributed by atoms with Gasteiger partial charge in [-0.05, 0) is 61.0 Å². The van der Waals surface area contributed by atoms with Crippen LogP contribution in [0, 0.1) is 6.92 Å². The van der Waals surface area contributed by atoms with Crippen molar-refractivity contribution in [3.05, 3.63) is 69.8 Å². The van der Waals surface area contributed by atoms with Gasteiger partial charge in [0.15, 0.2) is 0 Å². The molecule has 0 bridgehead atoms. The van der Waals surface area contributed by atoms with Gasteiger partial charge >= 0.3 is 0 Å². The first-order chi connectivity index (χ1) is 11.1. The predicted octanol–water partition coefficient (Wildman–Crippen LogP) is 5.69. The van der Waals surface area contributed by atoms with Gasteiger partial charge in [0.25, 0.3) is 0 Å². The Balaban J connectivity index is 1.78. The van der Waals surface area contributed by atoms with Crippen LogP contribution in [0.15, 0.2) is 59.2 Å². The Morgan fingerprint density at radius 3 is 2.52 bits per heavy atom. The van der Waals surface area contributed by atoms with E-state index in [4.69, 9.17) is 11.6 Å². The first-order valence-corrected chi connectivity index (χ1v) is 8.16. The third-order valence-corrected chi connectivity index (χ3v) is 3.95. The minimum absolute atomic E-state index is 0.520. The topological polar surface area (TPSA) is 49.8 Å². The molecule has 3 rings (SSSR count). The zero-order valence-corrected chi connectivity index (χ0v) is 14.7. The van der Waals surface area contributed by atoms with Crippen LogP contribution in [0.25, 0.3) is 0 Å². The maximum atomic E-state index is 5.88. The van der Waals surface area contributed by atoms with E-state index in [2.05, 4.69) is 42.6 Å². The number of aromatic nitrogens is 2. The molecule has 116 valence electrons. The van der Waals surface area contributed by atoms with Gasteiger partial charge in [0.05, 0.1) is 0 Å². The molecule has 0 spiro atoms. The van der Waals surface area contributed by atoms with Crippen molar-refractivity contribution in [1.82, 2.24) is 9.97 Å². The molecule has 0 radical (unpaired) electrons. The van der Waals surface area contributed by atoms with E-state index in [9.17, 15) is 0 Å². The summed E-state index contributed by atoms with van der Waals surface area (Å²) in [5.41, 5.74) is 3.01. The van der Waals surface area contributed by atoms with Gasteiger partial charge in [0, 0.05) is 27.1 Å². The third-order valence-electron chi connectivity index (χ3n) is 3.21. The van der Waals surface area contributed by atoms with E-state index in [0.717, 1.165) is 27.2 Å². The molecule has 0 aliphatic carbocycles. The van der Waals surface area contributed by atoms with Crippen LogP contribution < -0.4 is 10.6 Å². The summed E-state index contributed by atoms with van der Waals surface area (Å²) in [6, 6.07) is 15.3. The minimum Gasteiger partial charge on any atom is -0.340 e. The van der Waals surface area contributed by atoms with Crippen LogP contribution in [0.2, 0.25) is 5.02 Å². The van der Waals surface area contributed by atoms with Crippen molar-refractivity contribution >= 4 is 50.7 Å². The van der Waals surface area contributed by atoms with Gasteiger partial charge in [-0.3, -0.25) is 0 Å². The van der Waals surface area contributed by atoms with Crippen molar-refractivity contribution in [3.8, 4) is 0 Å². The average Bonchev–Trinajstić information content (AvgIpc) is 2.53. The first kappa shape index (κ1) is 15.8. The summed E-state index contributed by atoms with van der Waals surface area (Å²) in [5, 5.41) is 7.15. The zero-order chi connectivity index (χ0) is 16.2. The largest absolute Gasteiger partial charge is 0.340 e. The summed E-state index contributed by atoms with van der Waals surface area (Å²) < 4.78 is 1.05. The Kier molecular flexibility index (Phi) is 4.79. The molecule has 3 aromatic rings. The van der Waals surface area contributed by atoms with Crippen molar-refractivity contribution in [1.29, 1.82) is 0 Å². The number of anilines is 4. The van der Waals surface area contributed by atoms with Crippen LogP contribution in [-0.4, -0.2) is 9.97 Å². The fourth-order valence-electron chi connectivity index (χ4n) is 2.06. The smallest absolute Gasteiger partial charge is 0.229 e. The first-order valence-electron chi connectivity index (χ1n) is 6.99. The zero-order valence-electron chi connectivity index (χ0n) is 12.3. The molecule has 0 fully saturated rings. The van der Waals surface area contributed by atoms with E-state index >= 15 is 0 Å². The molecule has 4 nitrogen and oxygen atoms in total. The van der Waals surface area contributed by atoms with Gasteiger partial charge in [-0.25, -0.2) is 4.98 Å². The van der Waals surface area contributed by atoms with Crippen LogP contribution in [0.4, 0.5) is 23.1 Å². The van der Waals surface area contributed by atoms with E-state index in [1.54, 1.807) is 6.20 Å². The van der Waals surface area contributed by atoms with Gasteiger partial charge < -0.3 is 10.6 Å². The molecule has 0 unspecified atom stereocenters. The molecule has 0 aliphatic rings. The van der Waals surface area contributed by atoms with Gasteiger partial charge in [0.2, 0.25) is 5.95 Å². The molecule has 0 amide bonds. The highest BCUT2D eigenvalue weighted by molar-refractivity contribution is 9.10. The Labute approximate surface area is 148 Å². The number of nitrogens with one attached hydrogen (secondary N) is 2. The number of benzene rings is 2. The summed E-state index contributed by atoms with van der Waals surface area (Å²) in [5.74, 6) is 1.24. The van der Waals surface area contributed by atoms with Crippen LogP contribution >= 0.6 is 27.5 Å². The van der Waals surface area contributed by atoms with Gasteiger partial charge in [-0.1, -0.05) is 27.5 Å². The summed E-state index contributed by atoms with van der Waals surface area (Å²) in [4.78, 5) is 8.70. The average molecular weight is 390 g/mol. The lowest BCUT2D eigenvalue weighted by molar-refractivity contribution is 1.16. The van der Waals surface area contributed by atoms with Gasteiger partial charge in [0.1, 0.15) is 5.82 Å². The van der Waals surface area contributed by atoms with E-state index in [1.807, 2.05) is 49.4 Å². The lowest BCUT2D eigenvalue weighted by Gasteiger charge is -2.10. The molecule has 0 saturated carbocycles. The monoisotopic (exact) mass is 388 g/mol. The molecule has 2 aromatic carbocycles. The third kappa shape index (κ3) is 4.21. The number of rotatable bonds is 4. The number of hydrogen-bond donors (Lipinski definition) is 2. The quantitative estimate of drug-likeness (QED) is 0.602. The highest BCUT2D eigenvalue weighted by Crippen LogP contribution is 2.23. The summed E-state index contributed by atoms with van der Waals surface area (Å²) in [6.45, 7) is 2.04. The molecule has 2 N–H and O–H groups in total. The molecule has 6 heteroatoms. The van der Waals surface area contributed by atoms with Crippen LogP contribution in [0.1, 0.15) is 5.56 Å². The Morgan fingerprint density at radius 2 is 1.78 bits per heavy atom. The molecule has 0 saturated heterocycles. The minimum atomic E-state index is 0.520. The second kappa shape index (κ2) is 6.98. The Bertz CT molecular complexity index is 821. The van der Waals surface area contributed by atoms with Crippen LogP contribution in [0.5, 0.6) is 0 Å². The second-order valence-corrected chi connectivity index (χ2v) is 6.33. The molecular weight excluding hydrogens is 376 g/mol. The fourth-order valence-corrected chi connectivity index (χ4v) is 2.66. The van der Waals surface area contributed by atoms with Gasteiger partial charge in [-0.15, -0.1) is 0 Å². The summed E-state index contributed by atoms with van der Waals surface area (Å²) in [7, 11) is 0. The Morgan fingerprint density at radius 1 is 1.00 bits per heavy atom. The molecule has 0 aliphatic heterocycles. The van der Waals surface area contributed by atoms with E-state index < -0.39 is 0 Å². The molecule has 1 aromatic heterocycles. The van der Waals surface area contributed by atoms with Crippen molar-refractivity contribution in [2.45, 2.75) is 6.92 Å².